The van der Waals surface area contributed by atoms with E-state index in [2.05, 4.69) is 20.9 Å². The van der Waals surface area contributed by atoms with Crippen molar-refractivity contribution < 1.29 is 14.4 Å². The van der Waals surface area contributed by atoms with E-state index in [9.17, 15) is 14.4 Å². The van der Waals surface area contributed by atoms with E-state index in [1.165, 1.54) is 0 Å². The third kappa shape index (κ3) is 4.51. The Hall–Kier alpha value is -2.87. The van der Waals surface area contributed by atoms with Gasteiger partial charge in [-0.1, -0.05) is 32.0 Å². The standard InChI is InChI=1S/C20H27N5O3/c1-11(2)7-16(19(27)23-10-18(21)26)25-20(28)15-8-13-12-5-3-4-6-14(12)24-17(13)9-22-15/h3-6,11,15-16,22,24H,7-10H2,1-2H3,(H2,21,26)(H,23,27)(H,25,28)/t15-,16+/m1/s1. The summed E-state index contributed by atoms with van der Waals surface area (Å²) in [5.41, 5.74) is 8.36. The molecular weight excluding hydrogens is 358 g/mol. The Morgan fingerprint density at radius 1 is 1.25 bits per heavy atom. The van der Waals surface area contributed by atoms with Crippen LogP contribution in [0.15, 0.2) is 24.3 Å². The fourth-order valence-electron chi connectivity index (χ4n) is 3.60. The Balaban J connectivity index is 1.69. The molecule has 0 saturated carbocycles. The maximum Gasteiger partial charge on any atom is 0.243 e. The van der Waals surface area contributed by atoms with Gasteiger partial charge in [-0.2, -0.15) is 0 Å². The molecule has 0 spiro atoms. The number of carbonyl (C=O) groups is 3. The summed E-state index contributed by atoms with van der Waals surface area (Å²) in [4.78, 5) is 39.5. The Kier molecular flexibility index (Phi) is 5.99. The monoisotopic (exact) mass is 385 g/mol. The highest BCUT2D eigenvalue weighted by Crippen LogP contribution is 2.26. The number of H-pyrrole nitrogens is 1. The fraction of sp³-hybridized carbons (Fsp3) is 0.450. The molecule has 2 heterocycles. The van der Waals surface area contributed by atoms with Gasteiger partial charge in [-0.05, 0) is 30.4 Å². The average molecular weight is 385 g/mol. The van der Waals surface area contributed by atoms with Crippen molar-refractivity contribution in [3.05, 3.63) is 35.5 Å². The van der Waals surface area contributed by atoms with Crippen LogP contribution in [0, 0.1) is 5.92 Å². The van der Waals surface area contributed by atoms with Gasteiger partial charge >= 0.3 is 0 Å². The van der Waals surface area contributed by atoms with E-state index < -0.39 is 23.9 Å². The van der Waals surface area contributed by atoms with Gasteiger partial charge in [-0.3, -0.25) is 19.7 Å². The maximum atomic E-state index is 12.8. The molecule has 2 atom stereocenters. The molecule has 0 aliphatic carbocycles. The predicted octanol–water partition coefficient (Wildman–Crippen LogP) is 0.315. The molecule has 1 aliphatic heterocycles. The van der Waals surface area contributed by atoms with Crippen molar-refractivity contribution in [3.63, 3.8) is 0 Å². The second kappa shape index (κ2) is 8.43. The smallest absolute Gasteiger partial charge is 0.243 e. The van der Waals surface area contributed by atoms with E-state index in [-0.39, 0.29) is 18.4 Å². The molecule has 3 amide bonds. The molecule has 0 saturated heterocycles. The van der Waals surface area contributed by atoms with Crippen molar-refractivity contribution in [2.24, 2.45) is 11.7 Å². The van der Waals surface area contributed by atoms with Crippen molar-refractivity contribution in [2.45, 2.75) is 45.3 Å². The van der Waals surface area contributed by atoms with Gasteiger partial charge in [-0.15, -0.1) is 0 Å². The second-order valence-electron chi connectivity index (χ2n) is 7.64. The zero-order valence-corrected chi connectivity index (χ0v) is 16.2. The number of amides is 3. The Morgan fingerprint density at radius 3 is 2.71 bits per heavy atom. The number of aromatic amines is 1. The summed E-state index contributed by atoms with van der Waals surface area (Å²) in [5, 5.41) is 9.67. The first kappa shape index (κ1) is 19.9. The van der Waals surface area contributed by atoms with Crippen LogP contribution >= 0.6 is 0 Å². The van der Waals surface area contributed by atoms with Gasteiger partial charge in [0.1, 0.15) is 6.04 Å². The van der Waals surface area contributed by atoms with Crippen molar-refractivity contribution >= 4 is 28.6 Å². The highest BCUT2D eigenvalue weighted by Gasteiger charge is 2.30. The molecule has 1 aromatic carbocycles. The number of para-hydroxylation sites is 1. The molecule has 150 valence electrons. The normalized spacial score (nSPS) is 17.2. The summed E-state index contributed by atoms with van der Waals surface area (Å²) >= 11 is 0. The van der Waals surface area contributed by atoms with Gasteiger partial charge in [-0.25, -0.2) is 0 Å². The molecule has 0 unspecified atom stereocenters. The first-order valence-corrected chi connectivity index (χ1v) is 9.53. The number of benzene rings is 1. The second-order valence-corrected chi connectivity index (χ2v) is 7.64. The van der Waals surface area contributed by atoms with E-state index in [4.69, 9.17) is 5.73 Å². The van der Waals surface area contributed by atoms with Gasteiger partial charge < -0.3 is 21.4 Å². The number of fused-ring (bicyclic) bond motifs is 3. The molecule has 3 rings (SSSR count). The van der Waals surface area contributed by atoms with Crippen molar-refractivity contribution in [1.82, 2.24) is 20.9 Å². The lowest BCUT2D eigenvalue weighted by molar-refractivity contribution is -0.131. The number of hydrogen-bond acceptors (Lipinski definition) is 4. The Morgan fingerprint density at radius 2 is 2.00 bits per heavy atom. The number of nitrogens with one attached hydrogen (secondary N) is 4. The van der Waals surface area contributed by atoms with Crippen molar-refractivity contribution in [2.75, 3.05) is 6.54 Å². The van der Waals surface area contributed by atoms with Crippen molar-refractivity contribution in [1.29, 1.82) is 0 Å². The predicted molar refractivity (Wildman–Crippen MR) is 106 cm³/mol. The molecule has 1 aliphatic rings. The third-order valence-corrected chi connectivity index (χ3v) is 4.93. The molecule has 0 radical (unpaired) electrons. The summed E-state index contributed by atoms with van der Waals surface area (Å²) in [5.74, 6) is -1.05. The summed E-state index contributed by atoms with van der Waals surface area (Å²) in [7, 11) is 0. The molecule has 6 N–H and O–H groups in total. The van der Waals surface area contributed by atoms with Crippen LogP contribution < -0.4 is 21.7 Å². The lowest BCUT2D eigenvalue weighted by Crippen LogP contribution is -2.55. The van der Waals surface area contributed by atoms with Gasteiger partial charge in [0, 0.05) is 23.1 Å². The van der Waals surface area contributed by atoms with Crippen LogP contribution in [-0.2, 0) is 27.3 Å². The number of primary amides is 1. The van der Waals surface area contributed by atoms with Crippen LogP contribution in [0.4, 0.5) is 0 Å². The minimum atomic E-state index is -0.710. The van der Waals surface area contributed by atoms with E-state index in [1.807, 2.05) is 38.1 Å². The lowest BCUT2D eigenvalue weighted by atomic mass is 9.97. The highest BCUT2D eigenvalue weighted by molar-refractivity contribution is 5.92. The highest BCUT2D eigenvalue weighted by atomic mass is 16.2. The lowest BCUT2D eigenvalue weighted by Gasteiger charge is -2.26. The molecule has 8 nitrogen and oxygen atoms in total. The maximum absolute atomic E-state index is 12.8. The number of aromatic nitrogens is 1. The molecule has 2 aromatic rings. The first-order chi connectivity index (χ1) is 13.3. The van der Waals surface area contributed by atoms with Crippen molar-refractivity contribution in [3.8, 4) is 0 Å². The zero-order chi connectivity index (χ0) is 20.3. The minimum Gasteiger partial charge on any atom is -0.368 e. The van der Waals surface area contributed by atoms with Crippen LogP contribution in [0.2, 0.25) is 0 Å². The van der Waals surface area contributed by atoms with Gasteiger partial charge in [0.25, 0.3) is 0 Å². The quantitative estimate of drug-likeness (QED) is 0.470. The van der Waals surface area contributed by atoms with E-state index >= 15 is 0 Å². The summed E-state index contributed by atoms with van der Waals surface area (Å²) in [6.07, 6.45) is 1.02. The summed E-state index contributed by atoms with van der Waals surface area (Å²) in [6, 6.07) is 6.88. The van der Waals surface area contributed by atoms with Gasteiger partial charge in [0.15, 0.2) is 0 Å². The van der Waals surface area contributed by atoms with Crippen LogP contribution in [-0.4, -0.2) is 41.3 Å². The molecule has 8 heteroatoms. The van der Waals surface area contributed by atoms with Crippen LogP contribution in [0.1, 0.15) is 31.5 Å². The third-order valence-electron chi connectivity index (χ3n) is 4.93. The average Bonchev–Trinajstić information content (AvgIpc) is 3.03. The Bertz CT molecular complexity index is 889. The zero-order valence-electron chi connectivity index (χ0n) is 16.2. The fourth-order valence-corrected chi connectivity index (χ4v) is 3.60. The SMILES string of the molecule is CC(C)C[C@H](NC(=O)[C@H]1Cc2c([nH]c3ccccc23)CN1)C(=O)NCC(N)=O. The first-order valence-electron chi connectivity index (χ1n) is 9.53. The summed E-state index contributed by atoms with van der Waals surface area (Å²) < 4.78 is 0. The topological polar surface area (TPSA) is 129 Å². The molecule has 0 bridgehead atoms. The number of hydrogen-bond donors (Lipinski definition) is 5. The number of carbonyl (C=O) groups excluding carboxylic acids is 3. The van der Waals surface area contributed by atoms with E-state index in [0.717, 1.165) is 22.2 Å². The summed E-state index contributed by atoms with van der Waals surface area (Å²) in [6.45, 7) is 4.25. The Labute approximate surface area is 163 Å². The number of rotatable bonds is 7. The molecule has 28 heavy (non-hydrogen) atoms. The molecular formula is C20H27N5O3. The van der Waals surface area contributed by atoms with Crippen LogP contribution in [0.25, 0.3) is 10.9 Å². The van der Waals surface area contributed by atoms with E-state index in [1.54, 1.807) is 0 Å². The van der Waals surface area contributed by atoms with Crippen LogP contribution in [0.5, 0.6) is 0 Å². The molecule has 1 aromatic heterocycles. The van der Waals surface area contributed by atoms with E-state index in [0.29, 0.717) is 19.4 Å². The van der Waals surface area contributed by atoms with Gasteiger partial charge in [0.2, 0.25) is 17.7 Å². The van der Waals surface area contributed by atoms with Crippen LogP contribution in [0.3, 0.4) is 0 Å². The minimum absolute atomic E-state index is 0.198. The molecule has 0 fully saturated rings. The largest absolute Gasteiger partial charge is 0.368 e. The number of nitrogens with two attached hydrogens (primary N) is 1. The van der Waals surface area contributed by atoms with Gasteiger partial charge in [0.05, 0.1) is 12.6 Å².